The van der Waals surface area contributed by atoms with Crippen molar-refractivity contribution in [2.75, 3.05) is 7.11 Å². The Kier molecular flexibility index (Phi) is 2.07. The zero-order valence-electron chi connectivity index (χ0n) is 10.6. The molecule has 0 radical (unpaired) electrons. The molecule has 2 aromatic rings. The van der Waals surface area contributed by atoms with E-state index in [4.69, 9.17) is 9.47 Å². The molecule has 3 nitrogen and oxygen atoms in total. The predicted octanol–water partition coefficient (Wildman–Crippen LogP) is 3.17. The molecule has 2 unspecified atom stereocenters. The number of aromatic hydroxyl groups is 1. The van der Waals surface area contributed by atoms with Crippen LogP contribution < -0.4 is 9.47 Å². The van der Waals surface area contributed by atoms with Gasteiger partial charge in [0.2, 0.25) is 0 Å². The maximum atomic E-state index is 9.93. The van der Waals surface area contributed by atoms with Crippen molar-refractivity contribution in [1.82, 2.24) is 0 Å². The highest BCUT2D eigenvalue weighted by molar-refractivity contribution is 5.56. The molecule has 0 spiro atoms. The third-order valence-electron chi connectivity index (χ3n) is 4.13. The molecule has 2 aliphatic rings. The predicted molar refractivity (Wildman–Crippen MR) is 70.9 cm³/mol. The Labute approximate surface area is 111 Å². The van der Waals surface area contributed by atoms with Crippen molar-refractivity contribution < 1.29 is 14.6 Å². The highest BCUT2D eigenvalue weighted by atomic mass is 16.5. The van der Waals surface area contributed by atoms with Crippen LogP contribution in [0.4, 0.5) is 0 Å². The summed E-state index contributed by atoms with van der Waals surface area (Å²) in [4.78, 5) is 0. The maximum absolute atomic E-state index is 9.93. The molecule has 0 fully saturated rings. The Bertz CT molecular complexity index is 663. The number of rotatable bonds is 1. The van der Waals surface area contributed by atoms with Gasteiger partial charge in [0.05, 0.1) is 7.11 Å². The molecule has 0 saturated heterocycles. The Balaban J connectivity index is 1.81. The molecular weight excluding hydrogens is 240 g/mol. The standard InChI is InChI=1S/C16H14O3/c1-18-15-8-14-11(7-13(15)17)12-6-9-4-2-3-5-10(9)16(12)19-14/h2-5,7-8,12,16-17H,6H2,1H3. The Morgan fingerprint density at radius 2 is 2.05 bits per heavy atom. The molecule has 1 aliphatic heterocycles. The van der Waals surface area contributed by atoms with E-state index in [-0.39, 0.29) is 11.9 Å². The lowest BCUT2D eigenvalue weighted by Gasteiger charge is -2.10. The highest BCUT2D eigenvalue weighted by Gasteiger charge is 2.42. The fourth-order valence-corrected chi connectivity index (χ4v) is 3.24. The van der Waals surface area contributed by atoms with Crippen molar-refractivity contribution in [3.63, 3.8) is 0 Å². The molecule has 4 rings (SSSR count). The molecule has 0 aromatic heterocycles. The van der Waals surface area contributed by atoms with Gasteiger partial charge < -0.3 is 14.6 Å². The summed E-state index contributed by atoms with van der Waals surface area (Å²) in [6.45, 7) is 0. The average molecular weight is 254 g/mol. The van der Waals surface area contributed by atoms with Gasteiger partial charge in [-0.05, 0) is 23.6 Å². The molecule has 1 heterocycles. The van der Waals surface area contributed by atoms with Crippen molar-refractivity contribution >= 4 is 0 Å². The van der Waals surface area contributed by atoms with Crippen LogP contribution in [0.25, 0.3) is 0 Å². The first kappa shape index (κ1) is 10.7. The first-order valence-corrected chi connectivity index (χ1v) is 6.43. The second kappa shape index (κ2) is 3.67. The van der Waals surface area contributed by atoms with Crippen LogP contribution >= 0.6 is 0 Å². The molecule has 0 bridgehead atoms. The smallest absolute Gasteiger partial charge is 0.164 e. The van der Waals surface area contributed by atoms with Gasteiger partial charge in [-0.15, -0.1) is 0 Å². The van der Waals surface area contributed by atoms with Gasteiger partial charge in [-0.1, -0.05) is 24.3 Å². The minimum absolute atomic E-state index is 0.0812. The molecule has 0 amide bonds. The van der Waals surface area contributed by atoms with Gasteiger partial charge >= 0.3 is 0 Å². The van der Waals surface area contributed by atoms with Gasteiger partial charge in [-0.3, -0.25) is 0 Å². The van der Waals surface area contributed by atoms with E-state index >= 15 is 0 Å². The van der Waals surface area contributed by atoms with E-state index in [9.17, 15) is 5.11 Å². The van der Waals surface area contributed by atoms with Gasteiger partial charge in [0.25, 0.3) is 0 Å². The molecule has 96 valence electrons. The fourth-order valence-electron chi connectivity index (χ4n) is 3.24. The third-order valence-corrected chi connectivity index (χ3v) is 4.13. The van der Waals surface area contributed by atoms with E-state index in [0.717, 1.165) is 17.7 Å². The summed E-state index contributed by atoms with van der Waals surface area (Å²) in [6, 6.07) is 12.0. The van der Waals surface area contributed by atoms with Crippen LogP contribution in [-0.2, 0) is 6.42 Å². The molecule has 0 saturated carbocycles. The normalized spacial score (nSPS) is 22.4. The lowest BCUT2D eigenvalue weighted by Crippen LogP contribution is -2.02. The fraction of sp³-hybridized carbons (Fsp3) is 0.250. The summed E-state index contributed by atoms with van der Waals surface area (Å²) >= 11 is 0. The van der Waals surface area contributed by atoms with Crippen LogP contribution in [0, 0.1) is 0 Å². The highest BCUT2D eigenvalue weighted by Crippen LogP contribution is 2.54. The number of ether oxygens (including phenoxy) is 2. The summed E-state index contributed by atoms with van der Waals surface area (Å²) in [7, 11) is 1.55. The zero-order valence-corrected chi connectivity index (χ0v) is 10.6. The average Bonchev–Trinajstić information content (AvgIpc) is 2.94. The number of methoxy groups -OCH3 is 1. The van der Waals surface area contributed by atoms with Crippen molar-refractivity contribution in [1.29, 1.82) is 0 Å². The summed E-state index contributed by atoms with van der Waals surface area (Å²) < 4.78 is 11.2. The molecular formula is C16H14O3. The SMILES string of the molecule is COc1cc2c(cc1O)C1Cc3ccccc3C1O2. The van der Waals surface area contributed by atoms with Gasteiger partial charge in [-0.25, -0.2) is 0 Å². The van der Waals surface area contributed by atoms with Crippen LogP contribution in [-0.4, -0.2) is 12.2 Å². The number of fused-ring (bicyclic) bond motifs is 5. The van der Waals surface area contributed by atoms with Gasteiger partial charge in [-0.2, -0.15) is 0 Å². The monoisotopic (exact) mass is 254 g/mol. The third kappa shape index (κ3) is 1.38. The Morgan fingerprint density at radius 1 is 1.21 bits per heavy atom. The van der Waals surface area contributed by atoms with E-state index in [1.807, 2.05) is 6.07 Å². The summed E-state index contributed by atoms with van der Waals surface area (Å²) in [5.41, 5.74) is 3.69. The lowest BCUT2D eigenvalue weighted by molar-refractivity contribution is 0.222. The molecule has 2 atom stereocenters. The van der Waals surface area contributed by atoms with Crippen molar-refractivity contribution in [2.24, 2.45) is 0 Å². The summed E-state index contributed by atoms with van der Waals surface area (Å²) in [5, 5.41) is 9.93. The minimum Gasteiger partial charge on any atom is -0.504 e. The number of hydrogen-bond acceptors (Lipinski definition) is 3. The van der Waals surface area contributed by atoms with Crippen LogP contribution in [0.15, 0.2) is 36.4 Å². The minimum atomic E-state index is 0.0812. The number of phenols is 1. The van der Waals surface area contributed by atoms with Crippen LogP contribution in [0.5, 0.6) is 17.2 Å². The second-order valence-corrected chi connectivity index (χ2v) is 5.11. The van der Waals surface area contributed by atoms with Gasteiger partial charge in [0.1, 0.15) is 11.9 Å². The van der Waals surface area contributed by atoms with Gasteiger partial charge in [0.15, 0.2) is 11.5 Å². The largest absolute Gasteiger partial charge is 0.504 e. The molecule has 19 heavy (non-hydrogen) atoms. The van der Waals surface area contributed by atoms with E-state index < -0.39 is 0 Å². The molecule has 3 heteroatoms. The van der Waals surface area contributed by atoms with Gasteiger partial charge in [0, 0.05) is 17.5 Å². The van der Waals surface area contributed by atoms with E-state index in [2.05, 4.69) is 18.2 Å². The first-order chi connectivity index (χ1) is 9.28. The maximum Gasteiger partial charge on any atom is 0.164 e. The van der Waals surface area contributed by atoms with Crippen molar-refractivity contribution in [3.8, 4) is 17.2 Å². The quantitative estimate of drug-likeness (QED) is 0.849. The van der Waals surface area contributed by atoms with E-state index in [1.54, 1.807) is 19.2 Å². The molecule has 1 N–H and O–H groups in total. The van der Waals surface area contributed by atoms with Crippen LogP contribution in [0.1, 0.15) is 28.7 Å². The summed E-state index contributed by atoms with van der Waals surface area (Å²) in [5.74, 6) is 1.79. The number of phenolic OH excluding ortho intramolecular Hbond substituents is 1. The molecule has 2 aromatic carbocycles. The van der Waals surface area contributed by atoms with E-state index in [1.165, 1.54) is 11.1 Å². The number of benzene rings is 2. The van der Waals surface area contributed by atoms with Crippen molar-refractivity contribution in [3.05, 3.63) is 53.1 Å². The Morgan fingerprint density at radius 3 is 2.89 bits per heavy atom. The topological polar surface area (TPSA) is 38.7 Å². The van der Waals surface area contributed by atoms with E-state index in [0.29, 0.717) is 11.7 Å². The van der Waals surface area contributed by atoms with Crippen LogP contribution in [0.3, 0.4) is 0 Å². The number of hydrogen-bond donors (Lipinski definition) is 1. The molecule has 1 aliphatic carbocycles. The van der Waals surface area contributed by atoms with Crippen LogP contribution in [0.2, 0.25) is 0 Å². The first-order valence-electron chi connectivity index (χ1n) is 6.43. The zero-order chi connectivity index (χ0) is 13.0. The second-order valence-electron chi connectivity index (χ2n) is 5.11. The lowest BCUT2D eigenvalue weighted by atomic mass is 9.96. The Hall–Kier alpha value is -2.16. The summed E-state index contributed by atoms with van der Waals surface area (Å²) in [6.07, 6.45) is 1.05. The van der Waals surface area contributed by atoms with Crippen molar-refractivity contribution in [2.45, 2.75) is 18.4 Å².